The third kappa shape index (κ3) is 5.93. The molecule has 1 aliphatic heterocycles. The Morgan fingerprint density at radius 2 is 2.00 bits per heavy atom. The van der Waals surface area contributed by atoms with E-state index in [4.69, 9.17) is 14.5 Å². The van der Waals surface area contributed by atoms with E-state index in [-0.39, 0.29) is 12.0 Å². The van der Waals surface area contributed by atoms with Crippen LogP contribution in [0.1, 0.15) is 51.8 Å². The molecule has 1 aromatic carbocycles. The maximum Gasteiger partial charge on any atom is 0.220 e. The van der Waals surface area contributed by atoms with Gasteiger partial charge in [0.2, 0.25) is 5.91 Å². The van der Waals surface area contributed by atoms with Gasteiger partial charge in [-0.25, -0.2) is 9.97 Å². The second-order valence-electron chi connectivity index (χ2n) is 9.15. The fourth-order valence-electron chi connectivity index (χ4n) is 4.19. The van der Waals surface area contributed by atoms with Gasteiger partial charge in [-0.05, 0) is 37.8 Å². The summed E-state index contributed by atoms with van der Waals surface area (Å²) in [6.07, 6.45) is 6.32. The zero-order chi connectivity index (χ0) is 23.2. The van der Waals surface area contributed by atoms with Crippen molar-refractivity contribution < 1.29 is 14.3 Å². The van der Waals surface area contributed by atoms with Crippen LogP contribution in [0.15, 0.2) is 24.4 Å². The van der Waals surface area contributed by atoms with E-state index in [1.165, 1.54) is 0 Å². The number of benzene rings is 1. The van der Waals surface area contributed by atoms with Crippen molar-refractivity contribution in [1.29, 1.82) is 0 Å². The van der Waals surface area contributed by atoms with E-state index in [9.17, 15) is 4.79 Å². The van der Waals surface area contributed by atoms with Crippen molar-refractivity contribution in [2.24, 2.45) is 5.92 Å². The monoisotopic (exact) mass is 453 g/mol. The number of hydrogen-bond donors (Lipinski definition) is 2. The molecule has 33 heavy (non-hydrogen) atoms. The molecule has 1 aliphatic rings. The largest absolute Gasteiger partial charge is 0.490 e. The van der Waals surface area contributed by atoms with Crippen molar-refractivity contribution in [2.45, 2.75) is 59.0 Å². The van der Waals surface area contributed by atoms with Crippen molar-refractivity contribution >= 4 is 28.3 Å². The number of imidazole rings is 1. The lowest BCUT2D eigenvalue weighted by atomic mass is 10.1. The third-order valence-electron chi connectivity index (χ3n) is 5.88. The van der Waals surface area contributed by atoms with Crippen molar-refractivity contribution in [3.05, 3.63) is 30.2 Å². The van der Waals surface area contributed by atoms with Gasteiger partial charge >= 0.3 is 0 Å². The lowest BCUT2D eigenvalue weighted by Gasteiger charge is -2.23. The highest BCUT2D eigenvalue weighted by Gasteiger charge is 2.17. The van der Waals surface area contributed by atoms with Gasteiger partial charge in [0.05, 0.1) is 30.4 Å². The second-order valence-corrected chi connectivity index (χ2v) is 9.15. The smallest absolute Gasteiger partial charge is 0.220 e. The SMILES string of the molecule is Cc1ncc2c(NCCCCNC(=O)CC(C)C)nc3cc(OC4CCOCC4)ccc3n12. The number of rotatable bonds is 10. The number of carbonyl (C=O) groups is 1. The van der Waals surface area contributed by atoms with Gasteiger partial charge in [0, 0.05) is 38.4 Å². The molecule has 0 aliphatic carbocycles. The van der Waals surface area contributed by atoms with E-state index in [0.29, 0.717) is 18.9 Å². The van der Waals surface area contributed by atoms with E-state index in [1.807, 2.05) is 25.3 Å². The maximum absolute atomic E-state index is 11.8. The summed E-state index contributed by atoms with van der Waals surface area (Å²) in [6.45, 7) is 9.09. The molecular formula is C25H35N5O3. The highest BCUT2D eigenvalue weighted by molar-refractivity contribution is 5.85. The van der Waals surface area contributed by atoms with Gasteiger partial charge in [-0.15, -0.1) is 0 Å². The van der Waals surface area contributed by atoms with Crippen molar-refractivity contribution in [3.8, 4) is 5.75 Å². The van der Waals surface area contributed by atoms with Gasteiger partial charge in [0.1, 0.15) is 23.2 Å². The fraction of sp³-hybridized carbons (Fsp3) is 0.560. The van der Waals surface area contributed by atoms with E-state index in [2.05, 4.69) is 39.9 Å². The molecule has 4 rings (SSSR count). The molecule has 178 valence electrons. The first-order chi connectivity index (χ1) is 16.0. The molecule has 3 aromatic rings. The quantitative estimate of drug-likeness (QED) is 0.449. The summed E-state index contributed by atoms with van der Waals surface area (Å²) in [5, 5.41) is 6.46. The lowest BCUT2D eigenvalue weighted by Crippen LogP contribution is -2.25. The minimum absolute atomic E-state index is 0.129. The standard InChI is InChI=1S/C25H35N5O3/c1-17(2)14-24(31)26-10-4-5-11-27-25-23-16-28-18(3)30(23)22-7-6-20(15-21(22)29-25)33-19-8-12-32-13-9-19/h6-7,15-17,19H,4-5,8-14H2,1-3H3,(H,26,31)(H,27,29). The average molecular weight is 454 g/mol. The van der Waals surface area contributed by atoms with Crippen LogP contribution >= 0.6 is 0 Å². The Kier molecular flexibility index (Phi) is 7.65. The van der Waals surface area contributed by atoms with Crippen LogP contribution in [0.25, 0.3) is 16.6 Å². The number of nitrogens with zero attached hydrogens (tertiary/aromatic N) is 3. The molecule has 3 heterocycles. The van der Waals surface area contributed by atoms with Gasteiger partial charge in [-0.1, -0.05) is 13.8 Å². The fourth-order valence-corrected chi connectivity index (χ4v) is 4.19. The van der Waals surface area contributed by atoms with Crippen molar-refractivity contribution in [2.75, 3.05) is 31.6 Å². The first-order valence-electron chi connectivity index (χ1n) is 12.0. The summed E-state index contributed by atoms with van der Waals surface area (Å²) < 4.78 is 13.8. The molecule has 8 heteroatoms. The van der Waals surface area contributed by atoms with E-state index in [0.717, 1.165) is 79.4 Å². The number of aromatic nitrogens is 3. The molecule has 0 spiro atoms. The molecule has 1 saturated heterocycles. The molecule has 1 amide bonds. The molecule has 8 nitrogen and oxygen atoms in total. The Labute approximate surface area is 195 Å². The van der Waals surface area contributed by atoms with Gasteiger partial charge in [0.15, 0.2) is 5.82 Å². The molecule has 2 N–H and O–H groups in total. The molecule has 1 fully saturated rings. The Morgan fingerprint density at radius 3 is 2.79 bits per heavy atom. The highest BCUT2D eigenvalue weighted by atomic mass is 16.5. The summed E-state index contributed by atoms with van der Waals surface area (Å²) in [5.74, 6) is 3.09. The summed E-state index contributed by atoms with van der Waals surface area (Å²) >= 11 is 0. The summed E-state index contributed by atoms with van der Waals surface area (Å²) in [4.78, 5) is 21.2. The first kappa shape index (κ1) is 23.3. The van der Waals surface area contributed by atoms with Crippen LogP contribution in [0.3, 0.4) is 0 Å². The number of nitrogens with one attached hydrogen (secondary N) is 2. The maximum atomic E-state index is 11.8. The van der Waals surface area contributed by atoms with Crippen molar-refractivity contribution in [1.82, 2.24) is 19.7 Å². The zero-order valence-corrected chi connectivity index (χ0v) is 19.9. The topological polar surface area (TPSA) is 89.8 Å². The number of anilines is 1. The van der Waals surface area contributed by atoms with Crippen LogP contribution in [0.5, 0.6) is 5.75 Å². The Bertz CT molecular complexity index is 1090. The predicted octanol–water partition coefficient (Wildman–Crippen LogP) is 4.10. The molecule has 2 aromatic heterocycles. The predicted molar refractivity (Wildman–Crippen MR) is 130 cm³/mol. The first-order valence-corrected chi connectivity index (χ1v) is 12.0. The van der Waals surface area contributed by atoms with Gasteiger partial charge < -0.3 is 20.1 Å². The van der Waals surface area contributed by atoms with Crippen LogP contribution in [-0.2, 0) is 9.53 Å². The van der Waals surface area contributed by atoms with Crippen LogP contribution in [-0.4, -0.2) is 52.7 Å². The third-order valence-corrected chi connectivity index (χ3v) is 5.88. The zero-order valence-electron chi connectivity index (χ0n) is 19.9. The molecule has 0 atom stereocenters. The molecule has 0 radical (unpaired) electrons. The average Bonchev–Trinajstić information content (AvgIpc) is 3.18. The number of amides is 1. The summed E-state index contributed by atoms with van der Waals surface area (Å²) in [6, 6.07) is 6.08. The van der Waals surface area contributed by atoms with E-state index >= 15 is 0 Å². The van der Waals surface area contributed by atoms with E-state index < -0.39 is 0 Å². The van der Waals surface area contributed by atoms with Gasteiger partial charge in [-0.3, -0.25) is 9.20 Å². The van der Waals surface area contributed by atoms with Gasteiger partial charge in [0.25, 0.3) is 0 Å². The van der Waals surface area contributed by atoms with E-state index in [1.54, 1.807) is 0 Å². The van der Waals surface area contributed by atoms with Gasteiger partial charge in [-0.2, -0.15) is 0 Å². The number of fused-ring (bicyclic) bond motifs is 3. The van der Waals surface area contributed by atoms with Crippen LogP contribution in [0.2, 0.25) is 0 Å². The van der Waals surface area contributed by atoms with Crippen molar-refractivity contribution in [3.63, 3.8) is 0 Å². The summed E-state index contributed by atoms with van der Waals surface area (Å²) in [5.41, 5.74) is 2.85. The number of ether oxygens (including phenoxy) is 2. The number of hydrogen-bond acceptors (Lipinski definition) is 6. The normalized spacial score (nSPS) is 14.8. The Morgan fingerprint density at radius 1 is 1.21 bits per heavy atom. The Balaban J connectivity index is 1.42. The number of unbranched alkanes of at least 4 members (excludes halogenated alkanes) is 1. The number of aryl methyl sites for hydroxylation is 1. The van der Waals surface area contributed by atoms with Crippen LogP contribution in [0, 0.1) is 12.8 Å². The minimum atomic E-state index is 0.129. The second kappa shape index (κ2) is 10.8. The lowest BCUT2D eigenvalue weighted by molar-refractivity contribution is -0.121. The summed E-state index contributed by atoms with van der Waals surface area (Å²) in [7, 11) is 0. The Hall–Kier alpha value is -2.87. The molecule has 0 bridgehead atoms. The van der Waals surface area contributed by atoms with Crippen LogP contribution < -0.4 is 15.4 Å². The highest BCUT2D eigenvalue weighted by Crippen LogP contribution is 2.27. The molecule has 0 saturated carbocycles. The minimum Gasteiger partial charge on any atom is -0.490 e. The number of carbonyl (C=O) groups excluding carboxylic acids is 1. The molecule has 0 unspecified atom stereocenters. The van der Waals surface area contributed by atoms with Crippen LogP contribution in [0.4, 0.5) is 5.82 Å². The molecular weight excluding hydrogens is 418 g/mol.